The molecule has 0 heterocycles. The van der Waals surface area contributed by atoms with E-state index in [2.05, 4.69) is 30.5 Å². The molecule has 2 fully saturated rings. The van der Waals surface area contributed by atoms with Gasteiger partial charge in [-0.15, -0.1) is 24.0 Å². The summed E-state index contributed by atoms with van der Waals surface area (Å²) in [6.07, 6.45) is 6.08. The first-order chi connectivity index (χ1) is 14.0. The summed E-state index contributed by atoms with van der Waals surface area (Å²) in [5.74, 6) is 0.921. The second kappa shape index (κ2) is 11.3. The van der Waals surface area contributed by atoms with E-state index >= 15 is 0 Å². The molecular weight excluding hydrogens is 491 g/mol. The summed E-state index contributed by atoms with van der Waals surface area (Å²) >= 11 is 0. The molecule has 2 atom stereocenters. The third kappa shape index (κ3) is 5.46. The summed E-state index contributed by atoms with van der Waals surface area (Å²) in [5.41, 5.74) is 2.17. The van der Waals surface area contributed by atoms with Crippen LogP contribution in [0.1, 0.15) is 55.5 Å². The van der Waals surface area contributed by atoms with Gasteiger partial charge in [0.05, 0.1) is 6.10 Å². The van der Waals surface area contributed by atoms with Crippen LogP contribution < -0.4 is 10.6 Å². The Kier molecular flexibility index (Phi) is 9.40. The Bertz CT molecular complexity index is 734. The summed E-state index contributed by atoms with van der Waals surface area (Å²) in [6.45, 7) is 6.50. The standard InChI is InChI=1S/C23H36N4O2.HI/c1-5-24-22(26-19-16-20(29-6-2)23(19)12-8-13-23)25-14-11-17-9-7-10-18(15-17)21(28)27(3)4;/h7,9-10,15,19-20H,5-6,8,11-14,16H2,1-4H3,(H2,24,25,26);1H. The van der Waals surface area contributed by atoms with E-state index in [0.717, 1.165) is 43.1 Å². The van der Waals surface area contributed by atoms with Gasteiger partial charge in [0.25, 0.3) is 5.91 Å². The number of nitrogens with zero attached hydrogens (tertiary/aromatic N) is 2. The zero-order chi connectivity index (χ0) is 20.9. The Morgan fingerprint density at radius 2 is 2.07 bits per heavy atom. The zero-order valence-corrected chi connectivity index (χ0v) is 21.1. The number of ether oxygens (including phenoxy) is 1. The van der Waals surface area contributed by atoms with E-state index in [1.54, 1.807) is 19.0 Å². The SMILES string of the molecule is CCNC(=NCCc1cccc(C(=O)N(C)C)c1)NC1CC(OCC)C12CCC2.I. The number of hydrogen-bond donors (Lipinski definition) is 2. The van der Waals surface area contributed by atoms with Gasteiger partial charge in [-0.25, -0.2) is 0 Å². The van der Waals surface area contributed by atoms with Crippen LogP contribution in [0.5, 0.6) is 0 Å². The lowest BCUT2D eigenvalue weighted by Crippen LogP contribution is -2.68. The van der Waals surface area contributed by atoms with Gasteiger partial charge >= 0.3 is 0 Å². The molecule has 2 aliphatic rings. The van der Waals surface area contributed by atoms with Crippen LogP contribution in [0.15, 0.2) is 29.3 Å². The predicted octanol–water partition coefficient (Wildman–Crippen LogP) is 3.45. The van der Waals surface area contributed by atoms with Gasteiger partial charge in [-0.3, -0.25) is 9.79 Å². The number of aliphatic imine (C=N–C) groups is 1. The number of halogens is 1. The van der Waals surface area contributed by atoms with Crippen LogP contribution in [-0.2, 0) is 11.2 Å². The molecule has 1 spiro atoms. The Morgan fingerprint density at radius 1 is 1.30 bits per heavy atom. The first kappa shape index (κ1) is 24.9. The minimum Gasteiger partial charge on any atom is -0.378 e. The topological polar surface area (TPSA) is 66.0 Å². The first-order valence-corrected chi connectivity index (χ1v) is 11.0. The van der Waals surface area contributed by atoms with Crippen molar-refractivity contribution >= 4 is 35.8 Å². The summed E-state index contributed by atoms with van der Waals surface area (Å²) in [5, 5.41) is 7.05. The Labute approximate surface area is 198 Å². The smallest absolute Gasteiger partial charge is 0.253 e. The van der Waals surface area contributed by atoms with Gasteiger partial charge in [-0.05, 0) is 57.2 Å². The number of amides is 1. The minimum atomic E-state index is 0. The Balaban J connectivity index is 0.00000320. The van der Waals surface area contributed by atoms with Crippen molar-refractivity contribution in [3.05, 3.63) is 35.4 Å². The average Bonchev–Trinajstić information content (AvgIpc) is 2.65. The van der Waals surface area contributed by atoms with Crippen LogP contribution in [0.2, 0.25) is 0 Å². The van der Waals surface area contributed by atoms with Crippen molar-refractivity contribution in [3.8, 4) is 0 Å². The molecule has 2 N–H and O–H groups in total. The number of hydrogen-bond acceptors (Lipinski definition) is 3. The molecular formula is C23H37IN4O2. The van der Waals surface area contributed by atoms with Crippen LogP contribution in [0, 0.1) is 5.41 Å². The van der Waals surface area contributed by atoms with Crippen LogP contribution in [0.25, 0.3) is 0 Å². The van der Waals surface area contributed by atoms with Crippen molar-refractivity contribution in [2.75, 3.05) is 33.8 Å². The van der Waals surface area contributed by atoms with E-state index in [9.17, 15) is 4.79 Å². The second-order valence-corrected chi connectivity index (χ2v) is 8.37. The second-order valence-electron chi connectivity index (χ2n) is 8.37. The monoisotopic (exact) mass is 528 g/mol. The van der Waals surface area contributed by atoms with Gasteiger partial charge in [0.1, 0.15) is 0 Å². The molecule has 0 radical (unpaired) electrons. The zero-order valence-electron chi connectivity index (χ0n) is 18.7. The molecule has 168 valence electrons. The maximum Gasteiger partial charge on any atom is 0.253 e. The first-order valence-electron chi connectivity index (χ1n) is 11.0. The molecule has 6 nitrogen and oxygen atoms in total. The number of carbonyl (C=O) groups excluding carboxylic acids is 1. The van der Waals surface area contributed by atoms with Crippen molar-refractivity contribution < 1.29 is 9.53 Å². The van der Waals surface area contributed by atoms with E-state index in [1.807, 2.05) is 18.2 Å². The van der Waals surface area contributed by atoms with Crippen molar-refractivity contribution in [3.63, 3.8) is 0 Å². The van der Waals surface area contributed by atoms with E-state index in [4.69, 9.17) is 9.73 Å². The Morgan fingerprint density at radius 3 is 2.67 bits per heavy atom. The summed E-state index contributed by atoms with van der Waals surface area (Å²) < 4.78 is 5.96. The van der Waals surface area contributed by atoms with Crippen molar-refractivity contribution in [1.29, 1.82) is 0 Å². The molecule has 2 saturated carbocycles. The number of benzene rings is 1. The molecule has 0 saturated heterocycles. The maximum absolute atomic E-state index is 12.2. The molecule has 1 aromatic rings. The largest absolute Gasteiger partial charge is 0.378 e. The van der Waals surface area contributed by atoms with Crippen LogP contribution in [0.4, 0.5) is 0 Å². The van der Waals surface area contributed by atoms with E-state index in [0.29, 0.717) is 24.1 Å². The van der Waals surface area contributed by atoms with Gasteiger partial charge < -0.3 is 20.3 Å². The quantitative estimate of drug-likeness (QED) is 0.308. The lowest BCUT2D eigenvalue weighted by Gasteiger charge is -2.61. The third-order valence-corrected chi connectivity index (χ3v) is 6.34. The van der Waals surface area contributed by atoms with E-state index in [1.165, 1.54) is 19.3 Å². The highest BCUT2D eigenvalue weighted by molar-refractivity contribution is 14.0. The number of rotatable bonds is 8. The van der Waals surface area contributed by atoms with Crippen LogP contribution in [-0.4, -0.2) is 62.7 Å². The van der Waals surface area contributed by atoms with Crippen molar-refractivity contribution in [2.45, 2.75) is 58.1 Å². The lowest BCUT2D eigenvalue weighted by molar-refractivity contribution is -0.168. The number of nitrogens with one attached hydrogen (secondary N) is 2. The molecule has 1 aromatic carbocycles. The molecule has 3 rings (SSSR count). The molecule has 0 aliphatic heterocycles. The summed E-state index contributed by atoms with van der Waals surface area (Å²) in [6, 6.07) is 8.29. The van der Waals surface area contributed by atoms with Gasteiger partial charge in [-0.2, -0.15) is 0 Å². The number of carbonyl (C=O) groups is 1. The Hall–Kier alpha value is -1.35. The highest BCUT2D eigenvalue weighted by Gasteiger charge is 2.59. The maximum atomic E-state index is 12.2. The van der Waals surface area contributed by atoms with Crippen molar-refractivity contribution in [2.24, 2.45) is 10.4 Å². The fourth-order valence-corrected chi connectivity index (χ4v) is 4.54. The molecule has 7 heteroatoms. The molecule has 2 aliphatic carbocycles. The van der Waals surface area contributed by atoms with Gasteiger partial charge in [0.15, 0.2) is 5.96 Å². The molecule has 2 unspecified atom stereocenters. The van der Waals surface area contributed by atoms with Crippen molar-refractivity contribution in [1.82, 2.24) is 15.5 Å². The van der Waals surface area contributed by atoms with Crippen LogP contribution >= 0.6 is 24.0 Å². The third-order valence-electron chi connectivity index (χ3n) is 6.34. The average molecular weight is 528 g/mol. The summed E-state index contributed by atoms with van der Waals surface area (Å²) in [4.78, 5) is 18.6. The predicted molar refractivity (Wildman–Crippen MR) is 133 cm³/mol. The highest BCUT2D eigenvalue weighted by atomic mass is 127. The minimum absolute atomic E-state index is 0. The van der Waals surface area contributed by atoms with E-state index < -0.39 is 0 Å². The van der Waals surface area contributed by atoms with Crippen LogP contribution in [0.3, 0.4) is 0 Å². The number of guanidine groups is 1. The normalized spacial score (nSPS) is 21.8. The molecule has 30 heavy (non-hydrogen) atoms. The van der Waals surface area contributed by atoms with Gasteiger partial charge in [0, 0.05) is 50.8 Å². The summed E-state index contributed by atoms with van der Waals surface area (Å²) in [7, 11) is 3.55. The molecule has 0 aromatic heterocycles. The highest BCUT2D eigenvalue weighted by Crippen LogP contribution is 2.57. The lowest BCUT2D eigenvalue weighted by atomic mass is 9.51. The fraction of sp³-hybridized carbons (Fsp3) is 0.652. The van der Waals surface area contributed by atoms with Gasteiger partial charge in [-0.1, -0.05) is 18.6 Å². The van der Waals surface area contributed by atoms with E-state index in [-0.39, 0.29) is 29.9 Å². The molecule has 0 bridgehead atoms. The fourth-order valence-electron chi connectivity index (χ4n) is 4.54. The molecule has 1 amide bonds. The van der Waals surface area contributed by atoms with Gasteiger partial charge in [0.2, 0.25) is 0 Å².